The first-order chi connectivity index (χ1) is 13.5. The van der Waals surface area contributed by atoms with Gasteiger partial charge in [0.25, 0.3) is 5.91 Å². The zero-order valence-electron chi connectivity index (χ0n) is 15.9. The molecule has 0 bridgehead atoms. The average molecular weight is 378 g/mol. The van der Waals surface area contributed by atoms with Crippen molar-refractivity contribution >= 4 is 11.7 Å². The molecule has 0 spiro atoms. The van der Waals surface area contributed by atoms with Crippen LogP contribution in [0.4, 0.5) is 10.2 Å². The minimum absolute atomic E-state index is 0.162. The Morgan fingerprint density at radius 3 is 2.46 bits per heavy atom. The highest BCUT2D eigenvalue weighted by atomic mass is 19.1. The molecule has 2 N–H and O–H groups in total. The molecule has 1 heterocycles. The lowest BCUT2D eigenvalue weighted by Gasteiger charge is -2.12. The van der Waals surface area contributed by atoms with Crippen LogP contribution in [0, 0.1) is 5.82 Å². The van der Waals surface area contributed by atoms with E-state index in [9.17, 15) is 9.18 Å². The number of carbonyl (C=O) groups excluding carboxylic acids is 1. The number of nitrogens with one attached hydrogen (secondary N) is 2. The van der Waals surface area contributed by atoms with Crippen molar-refractivity contribution in [3.8, 4) is 11.4 Å². The Labute approximate surface area is 164 Å². The van der Waals surface area contributed by atoms with Gasteiger partial charge in [-0.3, -0.25) is 4.79 Å². The van der Waals surface area contributed by atoms with Gasteiger partial charge in [-0.05, 0) is 31.9 Å². The van der Waals surface area contributed by atoms with Gasteiger partial charge in [0.05, 0.1) is 0 Å². The third-order valence-electron chi connectivity index (χ3n) is 4.07. The van der Waals surface area contributed by atoms with Gasteiger partial charge in [0.1, 0.15) is 17.3 Å². The van der Waals surface area contributed by atoms with E-state index in [4.69, 9.17) is 0 Å². The van der Waals surface area contributed by atoms with Crippen LogP contribution in [-0.4, -0.2) is 28.5 Å². The molecule has 144 valence electrons. The minimum Gasteiger partial charge on any atom is -0.368 e. The second-order valence-electron chi connectivity index (χ2n) is 6.72. The Morgan fingerprint density at radius 1 is 1.04 bits per heavy atom. The number of carbonyl (C=O) groups is 1. The molecule has 2 aromatic carbocycles. The van der Waals surface area contributed by atoms with E-state index in [1.54, 1.807) is 24.3 Å². The molecule has 3 aromatic rings. The van der Waals surface area contributed by atoms with E-state index in [1.807, 2.05) is 44.2 Å². The molecule has 6 heteroatoms. The molecule has 5 nitrogen and oxygen atoms in total. The predicted molar refractivity (Wildman–Crippen MR) is 109 cm³/mol. The van der Waals surface area contributed by atoms with Gasteiger partial charge in [-0.2, -0.15) is 0 Å². The maximum Gasteiger partial charge on any atom is 0.270 e. The van der Waals surface area contributed by atoms with Crippen LogP contribution in [0.5, 0.6) is 0 Å². The van der Waals surface area contributed by atoms with E-state index in [1.165, 1.54) is 6.07 Å². The van der Waals surface area contributed by atoms with Crippen LogP contribution in [0.1, 0.15) is 29.9 Å². The highest BCUT2D eigenvalue weighted by Crippen LogP contribution is 2.18. The van der Waals surface area contributed by atoms with Gasteiger partial charge in [0, 0.05) is 24.2 Å². The molecule has 1 aromatic heterocycles. The number of rotatable bonds is 7. The number of amides is 1. The molecular formula is C22H23FN4O. The first-order valence-corrected chi connectivity index (χ1v) is 9.25. The molecular weight excluding hydrogens is 355 g/mol. The average Bonchev–Trinajstić information content (AvgIpc) is 2.69. The zero-order chi connectivity index (χ0) is 19.9. The largest absolute Gasteiger partial charge is 0.368 e. The van der Waals surface area contributed by atoms with Gasteiger partial charge in [0.2, 0.25) is 0 Å². The molecule has 0 aliphatic carbocycles. The summed E-state index contributed by atoms with van der Waals surface area (Å²) >= 11 is 0. The molecule has 0 radical (unpaired) electrons. The summed E-state index contributed by atoms with van der Waals surface area (Å²) in [4.78, 5) is 21.5. The fraction of sp³-hybridized carbons (Fsp3) is 0.227. The molecule has 0 aliphatic rings. The van der Waals surface area contributed by atoms with Gasteiger partial charge in [-0.25, -0.2) is 14.4 Å². The monoisotopic (exact) mass is 378 g/mol. The van der Waals surface area contributed by atoms with E-state index in [0.717, 1.165) is 5.56 Å². The summed E-state index contributed by atoms with van der Waals surface area (Å²) in [6.07, 6.45) is 0.409. The van der Waals surface area contributed by atoms with E-state index in [0.29, 0.717) is 30.2 Å². The summed E-state index contributed by atoms with van der Waals surface area (Å²) in [6.45, 7) is 4.31. The third kappa shape index (κ3) is 5.13. The van der Waals surface area contributed by atoms with E-state index < -0.39 is 0 Å². The Balaban J connectivity index is 1.77. The Bertz CT molecular complexity index is 944. The number of hydrogen-bond donors (Lipinski definition) is 2. The summed E-state index contributed by atoms with van der Waals surface area (Å²) in [7, 11) is 0. The SMILES string of the molecule is CC(C)Nc1cc(C(=O)NCCc2ccccc2F)nc(-c2ccccc2)n1. The maximum absolute atomic E-state index is 13.7. The van der Waals surface area contributed by atoms with Gasteiger partial charge in [-0.15, -0.1) is 0 Å². The summed E-state index contributed by atoms with van der Waals surface area (Å²) in [6, 6.07) is 17.8. The number of halogens is 1. The molecule has 0 saturated heterocycles. The van der Waals surface area contributed by atoms with Crippen molar-refractivity contribution in [3.63, 3.8) is 0 Å². The summed E-state index contributed by atoms with van der Waals surface area (Å²) in [5, 5.41) is 6.03. The molecule has 0 atom stereocenters. The number of anilines is 1. The highest BCUT2D eigenvalue weighted by Gasteiger charge is 2.13. The standard InChI is InChI=1S/C22H23FN4O/c1-15(2)25-20-14-19(26-21(27-20)17-9-4-3-5-10-17)22(28)24-13-12-16-8-6-7-11-18(16)23/h3-11,14-15H,12-13H2,1-2H3,(H,24,28)(H,25,26,27). The lowest BCUT2D eigenvalue weighted by atomic mass is 10.1. The quantitative estimate of drug-likeness (QED) is 0.650. The first kappa shape index (κ1) is 19.5. The van der Waals surface area contributed by atoms with Gasteiger partial charge >= 0.3 is 0 Å². The molecule has 3 rings (SSSR count). The van der Waals surface area contributed by atoms with Crippen LogP contribution >= 0.6 is 0 Å². The van der Waals surface area contributed by atoms with Crippen molar-refractivity contribution in [1.29, 1.82) is 0 Å². The molecule has 0 saturated carbocycles. The van der Waals surface area contributed by atoms with Crippen LogP contribution in [0.25, 0.3) is 11.4 Å². The van der Waals surface area contributed by atoms with Crippen molar-refractivity contribution in [2.75, 3.05) is 11.9 Å². The van der Waals surface area contributed by atoms with E-state index in [2.05, 4.69) is 20.6 Å². The normalized spacial score (nSPS) is 10.7. The van der Waals surface area contributed by atoms with Crippen LogP contribution in [-0.2, 0) is 6.42 Å². The van der Waals surface area contributed by atoms with Crippen LogP contribution in [0.3, 0.4) is 0 Å². The Hall–Kier alpha value is -3.28. The summed E-state index contributed by atoms with van der Waals surface area (Å²) < 4.78 is 13.7. The van der Waals surface area contributed by atoms with E-state index >= 15 is 0 Å². The second-order valence-corrected chi connectivity index (χ2v) is 6.72. The molecule has 0 fully saturated rings. The van der Waals surface area contributed by atoms with Crippen LogP contribution in [0.2, 0.25) is 0 Å². The fourth-order valence-electron chi connectivity index (χ4n) is 2.75. The minimum atomic E-state index is -0.317. The molecule has 1 amide bonds. The molecule has 0 aliphatic heterocycles. The van der Waals surface area contributed by atoms with Crippen molar-refractivity contribution in [2.24, 2.45) is 0 Å². The predicted octanol–water partition coefficient (Wildman–Crippen LogP) is 4.08. The number of benzene rings is 2. The number of aromatic nitrogens is 2. The Morgan fingerprint density at radius 2 is 1.75 bits per heavy atom. The number of nitrogens with zero attached hydrogens (tertiary/aromatic N) is 2. The van der Waals surface area contributed by atoms with Gasteiger partial charge in [0.15, 0.2) is 5.82 Å². The lowest BCUT2D eigenvalue weighted by molar-refractivity contribution is 0.0949. The van der Waals surface area contributed by atoms with Crippen molar-refractivity contribution in [3.05, 3.63) is 77.7 Å². The van der Waals surface area contributed by atoms with Crippen LogP contribution in [0.15, 0.2) is 60.7 Å². The highest BCUT2D eigenvalue weighted by molar-refractivity contribution is 5.93. The topological polar surface area (TPSA) is 66.9 Å². The Kier molecular flexibility index (Phi) is 6.32. The van der Waals surface area contributed by atoms with Crippen LogP contribution < -0.4 is 10.6 Å². The van der Waals surface area contributed by atoms with E-state index in [-0.39, 0.29) is 23.5 Å². The second kappa shape index (κ2) is 9.08. The molecule has 0 unspecified atom stereocenters. The molecule has 28 heavy (non-hydrogen) atoms. The smallest absolute Gasteiger partial charge is 0.270 e. The van der Waals surface area contributed by atoms with Crippen molar-refractivity contribution in [2.45, 2.75) is 26.3 Å². The summed E-state index contributed by atoms with van der Waals surface area (Å²) in [5.74, 6) is 0.477. The first-order valence-electron chi connectivity index (χ1n) is 9.25. The lowest BCUT2D eigenvalue weighted by Crippen LogP contribution is -2.27. The van der Waals surface area contributed by atoms with Crippen molar-refractivity contribution in [1.82, 2.24) is 15.3 Å². The zero-order valence-corrected chi connectivity index (χ0v) is 15.9. The summed E-state index contributed by atoms with van der Waals surface area (Å²) in [5.41, 5.74) is 1.67. The fourth-order valence-corrected chi connectivity index (χ4v) is 2.75. The third-order valence-corrected chi connectivity index (χ3v) is 4.07. The van der Waals surface area contributed by atoms with Gasteiger partial charge < -0.3 is 10.6 Å². The van der Waals surface area contributed by atoms with Crippen molar-refractivity contribution < 1.29 is 9.18 Å². The number of hydrogen-bond acceptors (Lipinski definition) is 4. The maximum atomic E-state index is 13.7. The van der Waals surface area contributed by atoms with Gasteiger partial charge in [-0.1, -0.05) is 48.5 Å².